The lowest BCUT2D eigenvalue weighted by atomic mass is 9.97. The fraction of sp³-hybridized carbons (Fsp3) is 0.391. The number of hydrogen-bond donors (Lipinski definition) is 2. The van der Waals surface area contributed by atoms with Gasteiger partial charge < -0.3 is 15.2 Å². The predicted octanol–water partition coefficient (Wildman–Crippen LogP) is 3.32. The molecule has 1 heterocycles. The van der Waals surface area contributed by atoms with Crippen LogP contribution < -0.4 is 5.32 Å². The number of nitrogens with one attached hydrogen (secondary N) is 1. The van der Waals surface area contributed by atoms with Crippen LogP contribution in [0.25, 0.3) is 11.1 Å². The molecular weight excluding hydrogens is 368 g/mol. The molecule has 1 aliphatic carbocycles. The zero-order chi connectivity index (χ0) is 20.2. The van der Waals surface area contributed by atoms with Crippen LogP contribution in [0.5, 0.6) is 0 Å². The predicted molar refractivity (Wildman–Crippen MR) is 110 cm³/mol. The van der Waals surface area contributed by atoms with Crippen LogP contribution in [0.1, 0.15) is 29.9 Å². The molecule has 0 saturated carbocycles. The van der Waals surface area contributed by atoms with E-state index in [1.807, 2.05) is 29.2 Å². The Morgan fingerprint density at radius 3 is 2.17 bits per heavy atom. The Morgan fingerprint density at radius 2 is 1.59 bits per heavy atom. The molecule has 0 unspecified atom stereocenters. The van der Waals surface area contributed by atoms with E-state index in [4.69, 9.17) is 9.84 Å². The smallest absolute Gasteiger partial charge is 0.407 e. The number of carbonyl (C=O) groups is 2. The zero-order valence-corrected chi connectivity index (χ0v) is 16.3. The maximum Gasteiger partial charge on any atom is 0.407 e. The first kappa shape index (κ1) is 19.5. The van der Waals surface area contributed by atoms with Gasteiger partial charge >= 0.3 is 12.1 Å². The molecule has 29 heavy (non-hydrogen) atoms. The summed E-state index contributed by atoms with van der Waals surface area (Å²) in [7, 11) is 0. The Balaban J connectivity index is 1.27. The standard InChI is InChI=1S/C23H26N2O4/c26-22(27)14-25-11-9-16(10-12-25)13-24-23(28)29-15-21-19-7-3-1-5-17(19)18-6-2-4-8-20(18)21/h1-8,16,21H,9-15H2,(H,24,28)(H,26,27). The number of carbonyl (C=O) groups excluding carboxylic acids is 1. The van der Waals surface area contributed by atoms with Gasteiger partial charge in [-0.2, -0.15) is 0 Å². The molecule has 0 aromatic heterocycles. The summed E-state index contributed by atoms with van der Waals surface area (Å²) < 4.78 is 5.57. The fourth-order valence-corrected chi connectivity index (χ4v) is 4.42. The van der Waals surface area contributed by atoms with Crippen molar-refractivity contribution in [3.63, 3.8) is 0 Å². The first-order valence-electron chi connectivity index (χ1n) is 10.1. The highest BCUT2D eigenvalue weighted by Crippen LogP contribution is 2.44. The van der Waals surface area contributed by atoms with Crippen molar-refractivity contribution in [2.24, 2.45) is 5.92 Å². The minimum Gasteiger partial charge on any atom is -0.480 e. The monoisotopic (exact) mass is 394 g/mol. The third kappa shape index (κ3) is 4.43. The lowest BCUT2D eigenvalue weighted by Crippen LogP contribution is -2.40. The molecule has 152 valence electrons. The number of ether oxygens (including phenoxy) is 1. The highest BCUT2D eigenvalue weighted by atomic mass is 16.5. The SMILES string of the molecule is O=C(O)CN1CCC(CNC(=O)OCC2c3ccccc3-c3ccccc32)CC1. The summed E-state index contributed by atoms with van der Waals surface area (Å²) in [5.41, 5.74) is 4.83. The average Bonchev–Trinajstić information content (AvgIpc) is 3.05. The van der Waals surface area contributed by atoms with Gasteiger partial charge in [0.25, 0.3) is 0 Å². The average molecular weight is 394 g/mol. The normalized spacial score (nSPS) is 16.8. The topological polar surface area (TPSA) is 78.9 Å². The minimum atomic E-state index is -0.791. The van der Waals surface area contributed by atoms with Crippen LogP contribution in [0.2, 0.25) is 0 Å². The number of likely N-dealkylation sites (tertiary alicyclic amines) is 1. The highest BCUT2D eigenvalue weighted by Gasteiger charge is 2.29. The number of carboxylic acids is 1. The Kier molecular flexibility index (Phi) is 5.81. The maximum atomic E-state index is 12.3. The molecule has 1 saturated heterocycles. The quantitative estimate of drug-likeness (QED) is 0.786. The molecule has 6 heteroatoms. The van der Waals surface area contributed by atoms with Gasteiger partial charge in [-0.1, -0.05) is 48.5 Å². The molecule has 0 spiro atoms. The van der Waals surface area contributed by atoms with Crippen LogP contribution in [0.4, 0.5) is 4.79 Å². The summed E-state index contributed by atoms with van der Waals surface area (Å²) in [6.45, 7) is 2.48. The number of aliphatic carboxylic acids is 1. The van der Waals surface area contributed by atoms with E-state index in [1.54, 1.807) is 0 Å². The Morgan fingerprint density at radius 1 is 1.00 bits per heavy atom. The number of piperidine rings is 1. The number of alkyl carbamates (subject to hydrolysis) is 1. The van der Waals surface area contributed by atoms with Gasteiger partial charge in [0.2, 0.25) is 0 Å². The summed E-state index contributed by atoms with van der Waals surface area (Å²) in [6.07, 6.45) is 1.38. The minimum absolute atomic E-state index is 0.0624. The Hall–Kier alpha value is -2.86. The lowest BCUT2D eigenvalue weighted by Gasteiger charge is -2.30. The van der Waals surface area contributed by atoms with Gasteiger partial charge in [-0.3, -0.25) is 9.69 Å². The molecule has 0 atom stereocenters. The van der Waals surface area contributed by atoms with E-state index in [1.165, 1.54) is 22.3 Å². The molecule has 1 aliphatic heterocycles. The molecule has 0 radical (unpaired) electrons. The van der Waals surface area contributed by atoms with Crippen LogP contribution >= 0.6 is 0 Å². The maximum absolute atomic E-state index is 12.3. The van der Waals surface area contributed by atoms with Crippen LogP contribution in [-0.2, 0) is 9.53 Å². The zero-order valence-electron chi connectivity index (χ0n) is 16.3. The second-order valence-corrected chi connectivity index (χ2v) is 7.82. The largest absolute Gasteiger partial charge is 0.480 e. The molecule has 2 aromatic rings. The second kappa shape index (κ2) is 8.66. The molecule has 6 nitrogen and oxygen atoms in total. The number of fused-ring (bicyclic) bond motifs is 3. The molecule has 2 aliphatic rings. The number of hydrogen-bond acceptors (Lipinski definition) is 4. The van der Waals surface area contributed by atoms with Crippen molar-refractivity contribution in [2.45, 2.75) is 18.8 Å². The number of nitrogens with zero attached hydrogens (tertiary/aromatic N) is 1. The van der Waals surface area contributed by atoms with Crippen molar-refractivity contribution in [2.75, 3.05) is 32.8 Å². The number of carboxylic acid groups (broad SMARTS) is 1. The van der Waals surface area contributed by atoms with Crippen molar-refractivity contribution >= 4 is 12.1 Å². The van der Waals surface area contributed by atoms with Gasteiger partial charge in [0.05, 0.1) is 6.54 Å². The van der Waals surface area contributed by atoms with Crippen molar-refractivity contribution in [3.05, 3.63) is 59.7 Å². The lowest BCUT2D eigenvalue weighted by molar-refractivity contribution is -0.138. The molecule has 4 rings (SSSR count). The van der Waals surface area contributed by atoms with Crippen LogP contribution in [0, 0.1) is 5.92 Å². The van der Waals surface area contributed by atoms with Crippen LogP contribution in [0.15, 0.2) is 48.5 Å². The summed E-state index contributed by atoms with van der Waals surface area (Å²) >= 11 is 0. The van der Waals surface area contributed by atoms with Crippen molar-refractivity contribution < 1.29 is 19.4 Å². The Bertz CT molecular complexity index is 844. The van der Waals surface area contributed by atoms with Gasteiger partial charge in [-0.15, -0.1) is 0 Å². The van der Waals surface area contributed by atoms with Gasteiger partial charge in [0.1, 0.15) is 6.61 Å². The molecule has 0 bridgehead atoms. The first-order valence-corrected chi connectivity index (χ1v) is 10.1. The van der Waals surface area contributed by atoms with Crippen molar-refractivity contribution in [3.8, 4) is 11.1 Å². The van der Waals surface area contributed by atoms with E-state index >= 15 is 0 Å². The highest BCUT2D eigenvalue weighted by molar-refractivity contribution is 5.79. The summed E-state index contributed by atoms with van der Waals surface area (Å²) in [5.74, 6) is -0.367. The number of rotatable bonds is 6. The van der Waals surface area contributed by atoms with Gasteiger partial charge in [0.15, 0.2) is 0 Å². The van der Waals surface area contributed by atoms with E-state index in [0.717, 1.165) is 25.9 Å². The van der Waals surface area contributed by atoms with Gasteiger partial charge in [-0.05, 0) is 54.1 Å². The van der Waals surface area contributed by atoms with E-state index in [9.17, 15) is 9.59 Å². The van der Waals surface area contributed by atoms with Gasteiger partial charge in [-0.25, -0.2) is 4.79 Å². The fourth-order valence-electron chi connectivity index (χ4n) is 4.42. The molecule has 1 amide bonds. The summed E-state index contributed by atoms with van der Waals surface area (Å²) in [4.78, 5) is 25.0. The number of benzene rings is 2. The van der Waals surface area contributed by atoms with E-state index in [0.29, 0.717) is 19.1 Å². The summed E-state index contributed by atoms with van der Waals surface area (Å²) in [5, 5.41) is 11.7. The van der Waals surface area contributed by atoms with Crippen LogP contribution in [0.3, 0.4) is 0 Å². The van der Waals surface area contributed by atoms with E-state index in [-0.39, 0.29) is 18.6 Å². The molecular formula is C23H26N2O4. The summed E-state index contributed by atoms with van der Waals surface area (Å²) in [6, 6.07) is 16.6. The van der Waals surface area contributed by atoms with E-state index < -0.39 is 5.97 Å². The molecule has 1 fully saturated rings. The first-order chi connectivity index (χ1) is 14.1. The number of amides is 1. The Labute approximate surface area is 170 Å². The molecule has 2 aromatic carbocycles. The third-order valence-corrected chi connectivity index (χ3v) is 5.94. The second-order valence-electron chi connectivity index (χ2n) is 7.82. The molecule has 2 N–H and O–H groups in total. The van der Waals surface area contributed by atoms with Crippen molar-refractivity contribution in [1.29, 1.82) is 0 Å². The van der Waals surface area contributed by atoms with E-state index in [2.05, 4.69) is 29.6 Å². The van der Waals surface area contributed by atoms with Gasteiger partial charge in [0, 0.05) is 12.5 Å². The van der Waals surface area contributed by atoms with Crippen molar-refractivity contribution in [1.82, 2.24) is 10.2 Å². The third-order valence-electron chi connectivity index (χ3n) is 5.94. The van der Waals surface area contributed by atoms with Crippen LogP contribution in [-0.4, -0.2) is 54.9 Å².